The topological polar surface area (TPSA) is 86.8 Å². The van der Waals surface area contributed by atoms with Gasteiger partial charge >= 0.3 is 0 Å². The predicted octanol–water partition coefficient (Wildman–Crippen LogP) is 5.46. The van der Waals surface area contributed by atoms with Crippen LogP contribution in [0.4, 0.5) is 0 Å². The number of carbonyl (C=O) groups excluding carboxylic acids is 4. The van der Waals surface area contributed by atoms with Crippen molar-refractivity contribution in [3.8, 4) is 0 Å². The molecule has 1 N–H and O–H groups in total. The lowest BCUT2D eigenvalue weighted by molar-refractivity contribution is -0.141. The van der Waals surface area contributed by atoms with E-state index in [1.165, 1.54) is 11.3 Å². The number of nitrogens with one attached hydrogen (secondary N) is 1. The maximum atomic E-state index is 14.0. The summed E-state index contributed by atoms with van der Waals surface area (Å²) in [5.74, 6) is -0.954. The van der Waals surface area contributed by atoms with Crippen molar-refractivity contribution in [3.63, 3.8) is 0 Å². The van der Waals surface area contributed by atoms with Crippen LogP contribution in [0.3, 0.4) is 0 Å². The summed E-state index contributed by atoms with van der Waals surface area (Å²) in [5.41, 5.74) is 3.81. The molecule has 1 aliphatic carbocycles. The van der Waals surface area contributed by atoms with Crippen molar-refractivity contribution in [2.24, 2.45) is 0 Å². The van der Waals surface area contributed by atoms with E-state index < -0.39 is 6.04 Å². The molecular formula is C35H39N3O4. The van der Waals surface area contributed by atoms with E-state index in [-0.39, 0.29) is 42.6 Å². The highest BCUT2D eigenvalue weighted by Crippen LogP contribution is 2.24. The second-order valence-corrected chi connectivity index (χ2v) is 11.4. The molecule has 3 aromatic rings. The van der Waals surface area contributed by atoms with Crippen molar-refractivity contribution in [1.82, 2.24) is 15.1 Å². The highest BCUT2D eigenvalue weighted by atomic mass is 16.2. The zero-order valence-corrected chi connectivity index (χ0v) is 24.3. The number of rotatable bonds is 11. The van der Waals surface area contributed by atoms with Crippen LogP contribution >= 0.6 is 0 Å². The number of hydrogen-bond acceptors (Lipinski definition) is 4. The largest absolute Gasteiger partial charge is 0.352 e. The minimum Gasteiger partial charge on any atom is -0.352 e. The van der Waals surface area contributed by atoms with E-state index in [2.05, 4.69) is 5.32 Å². The van der Waals surface area contributed by atoms with Gasteiger partial charge < -0.3 is 10.2 Å². The van der Waals surface area contributed by atoms with Gasteiger partial charge in [-0.15, -0.1) is 0 Å². The first-order valence-electron chi connectivity index (χ1n) is 15.1. The molecule has 7 nitrogen and oxygen atoms in total. The monoisotopic (exact) mass is 565 g/mol. The van der Waals surface area contributed by atoms with Gasteiger partial charge in [0.1, 0.15) is 6.04 Å². The van der Waals surface area contributed by atoms with Crippen molar-refractivity contribution in [1.29, 1.82) is 0 Å². The number of aryl methyl sites for hydroxylation is 1. The first-order chi connectivity index (χ1) is 20.4. The highest BCUT2D eigenvalue weighted by molar-refractivity contribution is 6.21. The minimum absolute atomic E-state index is 0.112. The molecular weight excluding hydrogens is 526 g/mol. The zero-order chi connectivity index (χ0) is 29.5. The fourth-order valence-corrected chi connectivity index (χ4v) is 6.04. The smallest absolute Gasteiger partial charge is 0.261 e. The van der Waals surface area contributed by atoms with Gasteiger partial charge in [-0.2, -0.15) is 0 Å². The molecule has 2 aliphatic rings. The summed E-state index contributed by atoms with van der Waals surface area (Å²) in [7, 11) is 0. The lowest BCUT2D eigenvalue weighted by Gasteiger charge is -2.34. The zero-order valence-electron chi connectivity index (χ0n) is 24.3. The van der Waals surface area contributed by atoms with E-state index in [1.807, 2.05) is 61.5 Å². The van der Waals surface area contributed by atoms with Crippen LogP contribution in [0.1, 0.15) is 82.4 Å². The molecule has 1 fully saturated rings. The second kappa shape index (κ2) is 13.6. The lowest BCUT2D eigenvalue weighted by atomic mass is 9.94. The molecule has 0 aromatic heterocycles. The Balaban J connectivity index is 1.36. The molecule has 0 unspecified atom stereocenters. The third-order valence-electron chi connectivity index (χ3n) is 8.48. The molecule has 218 valence electrons. The third-order valence-corrected chi connectivity index (χ3v) is 8.48. The Morgan fingerprint density at radius 3 is 2.14 bits per heavy atom. The predicted molar refractivity (Wildman–Crippen MR) is 162 cm³/mol. The number of carbonyl (C=O) groups is 4. The van der Waals surface area contributed by atoms with Crippen molar-refractivity contribution in [2.45, 2.75) is 76.9 Å². The summed E-state index contributed by atoms with van der Waals surface area (Å²) >= 11 is 0. The molecule has 0 radical (unpaired) electrons. The number of imide groups is 1. The molecule has 7 heteroatoms. The molecule has 1 atom stereocenters. The van der Waals surface area contributed by atoms with Gasteiger partial charge in [-0.3, -0.25) is 24.1 Å². The van der Waals surface area contributed by atoms with E-state index in [4.69, 9.17) is 0 Å². The molecule has 5 rings (SSSR count). The number of nitrogens with zero attached hydrogens (tertiary/aromatic N) is 2. The van der Waals surface area contributed by atoms with Gasteiger partial charge in [0.25, 0.3) is 11.8 Å². The minimum atomic E-state index is -0.694. The van der Waals surface area contributed by atoms with Gasteiger partial charge in [0, 0.05) is 32.0 Å². The van der Waals surface area contributed by atoms with Crippen LogP contribution in [0.2, 0.25) is 0 Å². The van der Waals surface area contributed by atoms with E-state index in [1.54, 1.807) is 29.2 Å². The Kier molecular flexibility index (Phi) is 9.47. The van der Waals surface area contributed by atoms with E-state index in [0.717, 1.165) is 42.4 Å². The molecule has 1 heterocycles. The molecule has 0 spiro atoms. The van der Waals surface area contributed by atoms with Crippen molar-refractivity contribution in [3.05, 3.63) is 107 Å². The molecule has 42 heavy (non-hydrogen) atoms. The highest BCUT2D eigenvalue weighted by Gasteiger charge is 2.36. The molecule has 0 saturated heterocycles. The standard InChI is InChI=1S/C35H39N3O4/c1-25-13-8-9-16-27(25)24-38(32(39)21-12-22-37-34(41)29-19-10-11-20-30(29)35(37)42)31(23-26-14-4-2-5-15-26)33(40)36-28-17-6-3-7-18-28/h2,4-5,8-11,13-16,19-20,28,31H,3,6-7,12,17-18,21-24H2,1H3,(H,36,40)/t31-/m1/s1. The summed E-state index contributed by atoms with van der Waals surface area (Å²) in [5, 5.41) is 3.27. The van der Waals surface area contributed by atoms with Crippen molar-refractivity contribution < 1.29 is 19.2 Å². The first-order valence-corrected chi connectivity index (χ1v) is 15.1. The number of hydrogen-bond donors (Lipinski definition) is 1. The fraction of sp³-hybridized carbons (Fsp3) is 0.371. The van der Waals surface area contributed by atoms with Crippen LogP contribution in [-0.2, 0) is 22.6 Å². The van der Waals surface area contributed by atoms with E-state index in [9.17, 15) is 19.2 Å². The van der Waals surface area contributed by atoms with Crippen molar-refractivity contribution >= 4 is 23.6 Å². The van der Waals surface area contributed by atoms with Crippen LogP contribution in [0, 0.1) is 6.92 Å². The maximum absolute atomic E-state index is 14.0. The Bertz CT molecular complexity index is 1400. The van der Waals surface area contributed by atoms with Gasteiger partial charge in [-0.25, -0.2) is 0 Å². The van der Waals surface area contributed by atoms with E-state index >= 15 is 0 Å². The molecule has 1 aliphatic heterocycles. The van der Waals surface area contributed by atoms with Gasteiger partial charge in [-0.05, 0) is 55.0 Å². The quantitative estimate of drug-likeness (QED) is 0.313. The Morgan fingerprint density at radius 2 is 1.48 bits per heavy atom. The summed E-state index contributed by atoms with van der Waals surface area (Å²) in [6.07, 6.45) is 6.11. The normalized spacial score (nSPS) is 15.8. The SMILES string of the molecule is Cc1ccccc1CN(C(=O)CCCN1C(=O)c2ccccc2C1=O)[C@H](Cc1ccccc1)C(=O)NC1CCCCC1. The first kappa shape index (κ1) is 29.2. The van der Waals surface area contributed by atoms with Crippen LogP contribution < -0.4 is 5.32 Å². The Labute approximate surface area is 247 Å². The van der Waals surface area contributed by atoms with Crippen LogP contribution in [0.15, 0.2) is 78.9 Å². The van der Waals surface area contributed by atoms with Gasteiger partial charge in [-0.1, -0.05) is 86.0 Å². The number of amides is 4. The molecule has 0 bridgehead atoms. The Morgan fingerprint density at radius 1 is 0.857 bits per heavy atom. The number of fused-ring (bicyclic) bond motifs is 1. The van der Waals surface area contributed by atoms with Crippen LogP contribution in [-0.4, -0.2) is 52.1 Å². The fourth-order valence-electron chi connectivity index (χ4n) is 6.04. The average Bonchev–Trinajstić information content (AvgIpc) is 3.25. The summed E-state index contributed by atoms with van der Waals surface area (Å²) in [4.78, 5) is 56.5. The van der Waals surface area contributed by atoms with Crippen LogP contribution in [0.25, 0.3) is 0 Å². The summed E-state index contributed by atoms with van der Waals surface area (Å²) in [6, 6.07) is 23.9. The average molecular weight is 566 g/mol. The summed E-state index contributed by atoms with van der Waals surface area (Å²) < 4.78 is 0. The number of benzene rings is 3. The van der Waals surface area contributed by atoms with Gasteiger partial charge in [0.05, 0.1) is 11.1 Å². The molecule has 3 aromatic carbocycles. The Hall–Kier alpha value is -4.26. The van der Waals surface area contributed by atoms with E-state index in [0.29, 0.717) is 30.5 Å². The second-order valence-electron chi connectivity index (χ2n) is 11.4. The van der Waals surface area contributed by atoms with Crippen molar-refractivity contribution in [2.75, 3.05) is 6.54 Å². The van der Waals surface area contributed by atoms with Gasteiger partial charge in [0.2, 0.25) is 11.8 Å². The lowest BCUT2D eigenvalue weighted by Crippen LogP contribution is -2.53. The molecule has 1 saturated carbocycles. The third kappa shape index (κ3) is 6.78. The van der Waals surface area contributed by atoms with Crippen LogP contribution in [0.5, 0.6) is 0 Å². The van der Waals surface area contributed by atoms with Gasteiger partial charge in [0.15, 0.2) is 0 Å². The molecule has 4 amide bonds. The summed E-state index contributed by atoms with van der Waals surface area (Å²) in [6.45, 7) is 2.45. The maximum Gasteiger partial charge on any atom is 0.261 e.